The van der Waals surface area contributed by atoms with Crippen molar-refractivity contribution < 1.29 is 23.8 Å². The SMILES string of the molecule is O=C(O)c1ccc(SCc2cc(Cl)c3c(c2)OCCO3)o1. The van der Waals surface area contributed by atoms with Crippen molar-refractivity contribution in [3.63, 3.8) is 0 Å². The number of hydrogen-bond donors (Lipinski definition) is 1. The molecule has 1 aromatic carbocycles. The third-order valence-corrected chi connectivity index (χ3v) is 4.09. The fourth-order valence-corrected chi connectivity index (χ4v) is 2.99. The first-order chi connectivity index (χ1) is 10.1. The van der Waals surface area contributed by atoms with E-state index in [1.165, 1.54) is 17.8 Å². The van der Waals surface area contributed by atoms with Crippen molar-refractivity contribution in [3.05, 3.63) is 40.6 Å². The van der Waals surface area contributed by atoms with Crippen LogP contribution in [0.1, 0.15) is 16.1 Å². The first kappa shape index (κ1) is 14.2. The number of carboxylic acids is 1. The van der Waals surface area contributed by atoms with Crippen molar-refractivity contribution in [1.82, 2.24) is 0 Å². The molecule has 0 atom stereocenters. The predicted molar refractivity (Wildman–Crippen MR) is 77.7 cm³/mol. The van der Waals surface area contributed by atoms with Gasteiger partial charge in [-0.05, 0) is 29.8 Å². The van der Waals surface area contributed by atoms with Crippen LogP contribution in [0.2, 0.25) is 5.02 Å². The number of carboxylic acid groups (broad SMARTS) is 1. The number of fused-ring (bicyclic) bond motifs is 1. The van der Waals surface area contributed by atoms with Crippen LogP contribution in [-0.4, -0.2) is 24.3 Å². The van der Waals surface area contributed by atoms with Crippen molar-refractivity contribution in [2.45, 2.75) is 10.8 Å². The molecule has 7 heteroatoms. The smallest absolute Gasteiger partial charge is 0.371 e. The standard InChI is InChI=1S/C14H11ClO5S/c15-9-5-8(6-11-13(9)19-4-3-18-11)7-21-12-2-1-10(20-12)14(16)17/h1-2,5-6H,3-4,7H2,(H,16,17). The first-order valence-corrected chi connectivity index (χ1v) is 7.54. The van der Waals surface area contributed by atoms with Crippen LogP contribution in [0.5, 0.6) is 11.5 Å². The molecule has 1 aliphatic rings. The Kier molecular flexibility index (Phi) is 3.98. The molecule has 0 spiro atoms. The monoisotopic (exact) mass is 326 g/mol. The second kappa shape index (κ2) is 5.91. The molecular weight excluding hydrogens is 316 g/mol. The van der Waals surface area contributed by atoms with Crippen LogP contribution in [0.25, 0.3) is 0 Å². The van der Waals surface area contributed by atoms with Gasteiger partial charge in [0.15, 0.2) is 16.6 Å². The minimum atomic E-state index is -1.08. The van der Waals surface area contributed by atoms with Gasteiger partial charge in [-0.2, -0.15) is 0 Å². The lowest BCUT2D eigenvalue weighted by Crippen LogP contribution is -2.15. The zero-order valence-electron chi connectivity index (χ0n) is 10.8. The van der Waals surface area contributed by atoms with Crippen molar-refractivity contribution in [3.8, 4) is 11.5 Å². The Hall–Kier alpha value is -1.79. The maximum absolute atomic E-state index is 10.7. The van der Waals surface area contributed by atoms with Gasteiger partial charge in [-0.15, -0.1) is 0 Å². The van der Waals surface area contributed by atoms with Crippen LogP contribution in [0.4, 0.5) is 0 Å². The summed E-state index contributed by atoms with van der Waals surface area (Å²) >= 11 is 7.55. The molecule has 0 aliphatic carbocycles. The number of ether oxygens (including phenoxy) is 2. The number of aromatic carboxylic acids is 1. The average molecular weight is 327 g/mol. The normalized spacial score (nSPS) is 13.2. The van der Waals surface area contributed by atoms with Gasteiger partial charge in [0.25, 0.3) is 0 Å². The van der Waals surface area contributed by atoms with Gasteiger partial charge in [-0.1, -0.05) is 23.4 Å². The molecule has 0 saturated carbocycles. The third-order valence-electron chi connectivity index (χ3n) is 2.83. The molecule has 1 aromatic heterocycles. The summed E-state index contributed by atoms with van der Waals surface area (Å²) in [4.78, 5) is 10.7. The predicted octanol–water partition coefficient (Wildman–Crippen LogP) is 3.69. The quantitative estimate of drug-likeness (QED) is 0.864. The van der Waals surface area contributed by atoms with Gasteiger partial charge in [-0.3, -0.25) is 0 Å². The number of carbonyl (C=O) groups is 1. The highest BCUT2D eigenvalue weighted by atomic mass is 35.5. The molecular formula is C14H11ClO5S. The van der Waals surface area contributed by atoms with E-state index >= 15 is 0 Å². The molecule has 0 amide bonds. The second-order valence-electron chi connectivity index (χ2n) is 4.31. The van der Waals surface area contributed by atoms with Gasteiger partial charge in [0, 0.05) is 5.75 Å². The maximum Gasteiger partial charge on any atom is 0.371 e. The van der Waals surface area contributed by atoms with E-state index in [-0.39, 0.29) is 5.76 Å². The Balaban J connectivity index is 1.72. The van der Waals surface area contributed by atoms with E-state index in [1.54, 1.807) is 6.07 Å². The van der Waals surface area contributed by atoms with Gasteiger partial charge < -0.3 is 19.0 Å². The van der Waals surface area contributed by atoms with Crippen molar-refractivity contribution in [2.24, 2.45) is 0 Å². The van der Waals surface area contributed by atoms with Crippen molar-refractivity contribution >= 4 is 29.3 Å². The molecule has 110 valence electrons. The highest BCUT2D eigenvalue weighted by Gasteiger charge is 2.17. The first-order valence-electron chi connectivity index (χ1n) is 6.17. The van der Waals surface area contributed by atoms with Crippen LogP contribution in [0.3, 0.4) is 0 Å². The third kappa shape index (κ3) is 3.11. The molecule has 3 rings (SSSR count). The molecule has 2 heterocycles. The second-order valence-corrected chi connectivity index (χ2v) is 5.70. The van der Waals surface area contributed by atoms with Crippen molar-refractivity contribution in [1.29, 1.82) is 0 Å². The van der Waals surface area contributed by atoms with Crippen LogP contribution >= 0.6 is 23.4 Å². The van der Waals surface area contributed by atoms with Crippen LogP contribution in [0, 0.1) is 0 Å². The lowest BCUT2D eigenvalue weighted by Gasteiger charge is -2.20. The van der Waals surface area contributed by atoms with Gasteiger partial charge in [0.1, 0.15) is 13.2 Å². The van der Waals surface area contributed by atoms with E-state index in [9.17, 15) is 4.79 Å². The van der Waals surface area contributed by atoms with Crippen LogP contribution < -0.4 is 9.47 Å². The molecule has 5 nitrogen and oxygen atoms in total. The number of halogens is 1. The Morgan fingerprint density at radius 1 is 1.29 bits per heavy atom. The van der Waals surface area contributed by atoms with Gasteiger partial charge in [0.2, 0.25) is 5.76 Å². The van der Waals surface area contributed by atoms with E-state index in [0.29, 0.717) is 40.6 Å². The number of benzene rings is 1. The summed E-state index contributed by atoms with van der Waals surface area (Å²) in [5.41, 5.74) is 0.947. The molecule has 0 radical (unpaired) electrons. The molecule has 1 aliphatic heterocycles. The lowest BCUT2D eigenvalue weighted by atomic mass is 10.2. The van der Waals surface area contributed by atoms with Gasteiger partial charge >= 0.3 is 5.97 Å². The lowest BCUT2D eigenvalue weighted by molar-refractivity contribution is 0.0656. The molecule has 1 N–H and O–H groups in total. The van der Waals surface area contributed by atoms with E-state index in [1.807, 2.05) is 12.1 Å². The van der Waals surface area contributed by atoms with E-state index in [0.717, 1.165) is 5.56 Å². The summed E-state index contributed by atoms with van der Waals surface area (Å²) < 4.78 is 16.2. The Morgan fingerprint density at radius 3 is 2.86 bits per heavy atom. The fraction of sp³-hybridized carbons (Fsp3) is 0.214. The molecule has 21 heavy (non-hydrogen) atoms. The molecule has 0 unspecified atom stereocenters. The molecule has 0 saturated heterocycles. The largest absolute Gasteiger partial charge is 0.486 e. The van der Waals surface area contributed by atoms with Crippen LogP contribution in [0.15, 0.2) is 33.8 Å². The topological polar surface area (TPSA) is 68.9 Å². The van der Waals surface area contributed by atoms with E-state index in [2.05, 4.69) is 0 Å². The summed E-state index contributed by atoms with van der Waals surface area (Å²) in [6.45, 7) is 0.991. The van der Waals surface area contributed by atoms with E-state index in [4.69, 9.17) is 30.6 Å². The zero-order valence-corrected chi connectivity index (χ0v) is 12.4. The molecule has 2 aromatic rings. The van der Waals surface area contributed by atoms with Gasteiger partial charge in [0.05, 0.1) is 5.02 Å². The van der Waals surface area contributed by atoms with Crippen molar-refractivity contribution in [2.75, 3.05) is 13.2 Å². The number of rotatable bonds is 4. The molecule has 0 fully saturated rings. The van der Waals surface area contributed by atoms with E-state index < -0.39 is 5.97 Å². The minimum absolute atomic E-state index is 0.0716. The Morgan fingerprint density at radius 2 is 2.10 bits per heavy atom. The summed E-state index contributed by atoms with van der Waals surface area (Å²) in [6, 6.07) is 6.74. The highest BCUT2D eigenvalue weighted by molar-refractivity contribution is 7.98. The summed E-state index contributed by atoms with van der Waals surface area (Å²) in [7, 11) is 0. The zero-order chi connectivity index (χ0) is 14.8. The molecule has 0 bridgehead atoms. The Bertz CT molecular complexity index is 682. The Labute approximate surface area is 129 Å². The number of thioether (sulfide) groups is 1. The summed E-state index contributed by atoms with van der Waals surface area (Å²) in [5.74, 6) is 0.642. The minimum Gasteiger partial charge on any atom is -0.486 e. The summed E-state index contributed by atoms with van der Waals surface area (Å²) in [5, 5.41) is 9.85. The number of hydrogen-bond acceptors (Lipinski definition) is 5. The highest BCUT2D eigenvalue weighted by Crippen LogP contribution is 2.39. The number of furan rings is 1. The average Bonchev–Trinajstić information content (AvgIpc) is 2.94. The summed E-state index contributed by atoms with van der Waals surface area (Å²) in [6.07, 6.45) is 0. The van der Waals surface area contributed by atoms with Crippen LogP contribution in [-0.2, 0) is 5.75 Å². The maximum atomic E-state index is 10.7. The fourth-order valence-electron chi connectivity index (χ4n) is 1.91. The van der Waals surface area contributed by atoms with Gasteiger partial charge in [-0.25, -0.2) is 4.79 Å².